The fourth-order valence-electron chi connectivity index (χ4n) is 11.8. The summed E-state index contributed by atoms with van der Waals surface area (Å²) < 4.78 is 40.6. The largest absolute Gasteiger partial charge is 0.508 e. The van der Waals surface area contributed by atoms with E-state index in [4.69, 9.17) is 33.2 Å². The van der Waals surface area contributed by atoms with Gasteiger partial charge in [0.05, 0.1) is 25.4 Å². The van der Waals surface area contributed by atoms with E-state index >= 15 is 0 Å². The number of hydrogen-bond acceptors (Lipinski definition) is 17. The lowest BCUT2D eigenvalue weighted by atomic mass is 9.78. The van der Waals surface area contributed by atoms with Gasteiger partial charge in [0, 0.05) is 64.9 Å². The number of esters is 2. The van der Waals surface area contributed by atoms with E-state index in [1.54, 1.807) is 53.0 Å². The van der Waals surface area contributed by atoms with Crippen molar-refractivity contribution in [1.82, 2.24) is 10.2 Å². The third-order valence-corrected chi connectivity index (χ3v) is 16.9. The number of aliphatic hydroxyl groups excluding tert-OH is 1. The summed E-state index contributed by atoms with van der Waals surface area (Å²) in [4.78, 5) is 98.9. The van der Waals surface area contributed by atoms with Crippen LogP contribution in [0.5, 0.6) is 5.75 Å². The predicted octanol–water partition coefficient (Wildman–Crippen LogP) is 7.40. The number of aromatic hydroxyl groups is 1. The number of alkyl carbamates (subject to hydrolysis) is 1. The molecule has 0 aromatic heterocycles. The third-order valence-electron chi connectivity index (χ3n) is 16.9. The highest BCUT2D eigenvalue weighted by Crippen LogP contribution is 2.38. The molecule has 16 atom stereocenters. The van der Waals surface area contributed by atoms with E-state index in [0.29, 0.717) is 68.9 Å². The Bertz CT molecular complexity index is 2440. The number of allylic oxidation sites excluding steroid dienone is 6. The molecule has 2 amide bonds. The second-order valence-corrected chi connectivity index (χ2v) is 23.1. The molecule has 19 nitrogen and oxygen atoms in total. The molecule has 1 aromatic carbocycles. The van der Waals surface area contributed by atoms with E-state index in [-0.39, 0.29) is 61.4 Å². The van der Waals surface area contributed by atoms with Crippen LogP contribution in [0, 0.1) is 35.5 Å². The van der Waals surface area contributed by atoms with Crippen LogP contribution in [0.15, 0.2) is 71.9 Å². The third kappa shape index (κ3) is 18.2. The first kappa shape index (κ1) is 66.2. The molecule has 0 radical (unpaired) electrons. The number of phenols is 1. The zero-order valence-electron chi connectivity index (χ0n) is 49.3. The van der Waals surface area contributed by atoms with Gasteiger partial charge in [0.2, 0.25) is 5.79 Å². The summed E-state index contributed by atoms with van der Waals surface area (Å²) in [5, 5.41) is 36.0. The Balaban J connectivity index is 1.41. The summed E-state index contributed by atoms with van der Waals surface area (Å²) in [6, 6.07) is 3.89. The molecule has 81 heavy (non-hydrogen) atoms. The standard InChI is InChI=1S/C62H90N2O17/c1-36-17-13-12-14-18-37(2)51(75-8)34-46-26-20-42(7)62(74,81-46)57(69)58(70)64-28-16-15-19-48(64)60(72)79-52(35-49(66)38(3)30-41(6)55(68)56(77-10)54(67)40(5)29-36)39(4)31-44-23-27-50(53(33-44)76-9)80-61(73)63-47(59(71)78-11)32-43-21-24-45(65)25-22-43/h12-14,17-18,21-22,24-25,30,36,38-40,42,44,46-48,50-53,55-56,65,68,74H,15-16,19-20,23,26-29,31-35H2,1-11H3,(H,63,73)/b14-12+,17-13+,37-18+,41-30+/t36?,38?,39?,40-,42-,44?,46?,47?,48+,50-,51?,52?,53?,55-,56?,62-/m1/s1. The van der Waals surface area contributed by atoms with Gasteiger partial charge in [-0.05, 0) is 125 Å². The van der Waals surface area contributed by atoms with Crippen molar-refractivity contribution in [2.75, 3.05) is 35.0 Å². The summed E-state index contributed by atoms with van der Waals surface area (Å²) in [5.41, 5.74) is 1.86. The molecule has 4 aliphatic rings. The first-order valence-electron chi connectivity index (χ1n) is 28.8. The number of nitrogens with one attached hydrogen (secondary N) is 1. The lowest BCUT2D eigenvalue weighted by Crippen LogP contribution is -2.61. The van der Waals surface area contributed by atoms with E-state index in [0.717, 1.165) is 10.5 Å². The van der Waals surface area contributed by atoms with Gasteiger partial charge in [-0.1, -0.05) is 83.2 Å². The van der Waals surface area contributed by atoms with Crippen LogP contribution in [0.25, 0.3) is 0 Å². The van der Waals surface area contributed by atoms with E-state index in [2.05, 4.69) is 5.32 Å². The fourth-order valence-corrected chi connectivity index (χ4v) is 11.8. The number of carbonyl (C=O) groups excluding carboxylic acids is 7. The number of benzene rings is 1. The smallest absolute Gasteiger partial charge is 0.408 e. The lowest BCUT2D eigenvalue weighted by molar-refractivity contribution is -0.265. The maximum Gasteiger partial charge on any atom is 0.408 e. The summed E-state index contributed by atoms with van der Waals surface area (Å²) >= 11 is 0. The number of aliphatic hydroxyl groups is 2. The van der Waals surface area contributed by atoms with Gasteiger partial charge in [0.25, 0.3) is 11.7 Å². The first-order valence-corrected chi connectivity index (χ1v) is 28.8. The average molecular weight is 1140 g/mol. The van der Waals surface area contributed by atoms with E-state index < -0.39 is 114 Å². The van der Waals surface area contributed by atoms with Crippen molar-refractivity contribution in [3.8, 4) is 5.75 Å². The number of methoxy groups -OCH3 is 4. The quantitative estimate of drug-likeness (QED) is 0.0728. The van der Waals surface area contributed by atoms with Crippen LogP contribution in [-0.2, 0) is 68.3 Å². The molecule has 450 valence electrons. The molecular formula is C62H90N2O17. The van der Waals surface area contributed by atoms with Crippen LogP contribution in [0.4, 0.5) is 4.79 Å². The Morgan fingerprint density at radius 2 is 1.56 bits per heavy atom. The highest BCUT2D eigenvalue weighted by atomic mass is 16.6. The number of ketones is 3. The molecule has 10 unspecified atom stereocenters. The summed E-state index contributed by atoms with van der Waals surface area (Å²) in [7, 11) is 5.63. The van der Waals surface area contributed by atoms with Crippen molar-refractivity contribution in [1.29, 1.82) is 0 Å². The highest BCUT2D eigenvalue weighted by Gasteiger charge is 2.53. The van der Waals surface area contributed by atoms with Crippen molar-refractivity contribution in [2.45, 2.75) is 193 Å². The number of Topliss-reactive ketones (excluding diaryl/α,β-unsaturated/α-hetero) is 3. The summed E-state index contributed by atoms with van der Waals surface area (Å²) in [6.07, 6.45) is 8.61. The van der Waals surface area contributed by atoms with Gasteiger partial charge in [-0.3, -0.25) is 19.2 Å². The van der Waals surface area contributed by atoms with Crippen LogP contribution >= 0.6 is 0 Å². The summed E-state index contributed by atoms with van der Waals surface area (Å²) in [5.74, 6) is -9.44. The average Bonchev–Trinajstić information content (AvgIpc) is 3.53. The molecule has 4 N–H and O–H groups in total. The molecule has 1 aromatic rings. The van der Waals surface area contributed by atoms with Crippen LogP contribution in [0.3, 0.4) is 0 Å². The topological polar surface area (TPSA) is 260 Å². The van der Waals surface area contributed by atoms with Gasteiger partial charge in [-0.15, -0.1) is 0 Å². The van der Waals surface area contributed by atoms with Crippen LogP contribution in [0.1, 0.15) is 131 Å². The molecule has 3 fully saturated rings. The van der Waals surface area contributed by atoms with Crippen molar-refractivity contribution in [3.05, 3.63) is 77.4 Å². The number of cyclic esters (lactones) is 1. The predicted molar refractivity (Wildman–Crippen MR) is 300 cm³/mol. The van der Waals surface area contributed by atoms with Gasteiger partial charge in [0.1, 0.15) is 48.0 Å². The minimum atomic E-state index is -2.48. The number of ether oxygens (including phenoxy) is 7. The lowest BCUT2D eigenvalue weighted by Gasteiger charge is -2.42. The molecule has 5 rings (SSSR count). The second kappa shape index (κ2) is 31.2. The SMILES string of the molecule is COC(=O)C(Cc1ccc(O)cc1)NC(=O)O[C@@H]1CCC(CC(C)C2CC(=O)C(C)/C=C(\C)[C@@H](O)C(OC)C(=O)[C@H](C)CC(C)/C=C/C=C/C=C(\C)C(OC)CC3CC[C@@H](C)[C@@](O)(O3)C(=O)C(=O)N3CCCC[C@H]3C(=O)O2)CC1OC. The molecule has 1 aliphatic carbocycles. The minimum Gasteiger partial charge on any atom is -0.508 e. The maximum atomic E-state index is 14.7. The number of phenolic OH excluding ortho intramolecular Hbond substituents is 1. The zero-order valence-corrected chi connectivity index (χ0v) is 49.3. The Morgan fingerprint density at radius 3 is 2.22 bits per heavy atom. The number of hydrogen-bond donors (Lipinski definition) is 4. The maximum absolute atomic E-state index is 14.7. The minimum absolute atomic E-state index is 0.0168. The Kier molecular flexibility index (Phi) is 25.5. The Labute approximate surface area is 478 Å². The van der Waals surface area contributed by atoms with Crippen LogP contribution < -0.4 is 5.32 Å². The van der Waals surface area contributed by atoms with Crippen LogP contribution in [-0.4, -0.2) is 157 Å². The normalized spacial score (nSPS) is 34.9. The van der Waals surface area contributed by atoms with Gasteiger partial charge < -0.3 is 58.7 Å². The zero-order chi connectivity index (χ0) is 59.7. The number of carbonyl (C=O) groups is 7. The fraction of sp³-hybridized carbons (Fsp3) is 0.661. The number of fused-ring (bicyclic) bond motifs is 3. The van der Waals surface area contributed by atoms with Gasteiger partial charge in [-0.25, -0.2) is 14.4 Å². The second-order valence-electron chi connectivity index (χ2n) is 23.1. The van der Waals surface area contributed by atoms with E-state index in [1.165, 1.54) is 33.5 Å². The van der Waals surface area contributed by atoms with Crippen molar-refractivity contribution >= 4 is 41.3 Å². The van der Waals surface area contributed by atoms with Gasteiger partial charge >= 0.3 is 18.0 Å². The molecular weight excluding hydrogens is 1040 g/mol. The van der Waals surface area contributed by atoms with Gasteiger partial charge in [-0.2, -0.15) is 0 Å². The van der Waals surface area contributed by atoms with E-state index in [1.807, 2.05) is 51.2 Å². The molecule has 3 heterocycles. The Hall–Kier alpha value is -5.57. The summed E-state index contributed by atoms with van der Waals surface area (Å²) in [6.45, 7) is 12.5. The molecule has 19 heteroatoms. The van der Waals surface area contributed by atoms with Crippen molar-refractivity contribution in [2.24, 2.45) is 35.5 Å². The first-order chi connectivity index (χ1) is 38.4. The Morgan fingerprint density at radius 1 is 0.840 bits per heavy atom. The van der Waals surface area contributed by atoms with Crippen LogP contribution in [0.2, 0.25) is 0 Å². The number of nitrogens with zero attached hydrogens (tertiary/aromatic N) is 1. The number of rotatable bonds is 11. The van der Waals surface area contributed by atoms with E-state index in [9.17, 15) is 48.9 Å². The molecule has 2 saturated heterocycles. The molecule has 2 bridgehead atoms. The van der Waals surface area contributed by atoms with Crippen molar-refractivity contribution < 1.29 is 82.0 Å². The molecule has 1 saturated carbocycles. The van der Waals surface area contributed by atoms with Crippen molar-refractivity contribution in [3.63, 3.8) is 0 Å². The highest BCUT2D eigenvalue weighted by molar-refractivity contribution is 6.39. The molecule has 0 spiro atoms. The van der Waals surface area contributed by atoms with Gasteiger partial charge in [0.15, 0.2) is 5.78 Å². The molecule has 3 aliphatic heterocycles. The number of piperidine rings is 1. The monoisotopic (exact) mass is 1130 g/mol. The number of amides is 2.